The second kappa shape index (κ2) is 6.28. The molecule has 16 heavy (non-hydrogen) atoms. The van der Waals surface area contributed by atoms with Gasteiger partial charge in [-0.05, 0) is 12.3 Å². The van der Waals surface area contributed by atoms with Gasteiger partial charge in [0.05, 0.1) is 0 Å². The Morgan fingerprint density at radius 2 is 1.75 bits per heavy atom. The summed E-state index contributed by atoms with van der Waals surface area (Å²) in [6.45, 7) is 9.90. The van der Waals surface area contributed by atoms with Crippen LogP contribution in [0.3, 0.4) is 0 Å². The van der Waals surface area contributed by atoms with E-state index >= 15 is 0 Å². The van der Waals surface area contributed by atoms with Crippen molar-refractivity contribution in [1.82, 2.24) is 0 Å². The Morgan fingerprint density at radius 1 is 1.25 bits per heavy atom. The Kier molecular flexibility index (Phi) is 6.08. The largest absolute Gasteiger partial charge is 0.481 e. The quantitative estimate of drug-likeness (QED) is 0.809. The lowest BCUT2D eigenvalue weighted by Gasteiger charge is -2.23. The van der Waals surface area contributed by atoms with Crippen molar-refractivity contribution in [3.8, 4) is 0 Å². The van der Waals surface area contributed by atoms with Crippen LogP contribution in [0.4, 0.5) is 0 Å². The maximum absolute atomic E-state index is 12.0. The van der Waals surface area contributed by atoms with Crippen LogP contribution in [0.5, 0.6) is 0 Å². The van der Waals surface area contributed by atoms with Crippen LogP contribution in [0.1, 0.15) is 47.5 Å². The maximum Gasteiger partial charge on any atom is 0.303 e. The van der Waals surface area contributed by atoms with E-state index in [0.717, 1.165) is 0 Å². The van der Waals surface area contributed by atoms with Crippen molar-refractivity contribution in [2.24, 2.45) is 11.8 Å². The predicted molar refractivity (Wildman–Crippen MR) is 67.5 cm³/mol. The van der Waals surface area contributed by atoms with Gasteiger partial charge in [0.1, 0.15) is 0 Å². The molecule has 1 atom stereocenters. The van der Waals surface area contributed by atoms with Gasteiger partial charge in [-0.15, -0.1) is 0 Å². The van der Waals surface area contributed by atoms with E-state index in [2.05, 4.69) is 0 Å². The molecule has 0 aliphatic carbocycles. The van der Waals surface area contributed by atoms with Gasteiger partial charge in [-0.1, -0.05) is 46.4 Å². The van der Waals surface area contributed by atoms with E-state index in [1.807, 2.05) is 34.6 Å². The minimum absolute atomic E-state index is 0.0687. The lowest BCUT2D eigenvalue weighted by atomic mass is 9.92. The number of carbonyl (C=O) groups is 2. The summed E-state index contributed by atoms with van der Waals surface area (Å²) in [5.74, 6) is -0.791. The smallest absolute Gasteiger partial charge is 0.303 e. The van der Waals surface area contributed by atoms with Crippen molar-refractivity contribution in [2.75, 3.05) is 0 Å². The van der Waals surface area contributed by atoms with E-state index in [9.17, 15) is 9.59 Å². The van der Waals surface area contributed by atoms with Crippen molar-refractivity contribution in [2.45, 2.75) is 52.2 Å². The van der Waals surface area contributed by atoms with Crippen LogP contribution in [-0.4, -0.2) is 20.9 Å². The number of aliphatic carboxylic acids is 1. The molecule has 0 amide bonds. The first-order chi connectivity index (χ1) is 7.13. The van der Waals surface area contributed by atoms with Crippen LogP contribution in [-0.2, 0) is 9.59 Å². The summed E-state index contributed by atoms with van der Waals surface area (Å²) in [4.78, 5) is 22.5. The molecule has 94 valence electrons. The highest BCUT2D eigenvalue weighted by Crippen LogP contribution is 2.31. The molecule has 0 unspecified atom stereocenters. The van der Waals surface area contributed by atoms with Crippen LogP contribution in [0.15, 0.2) is 0 Å². The average molecular weight is 246 g/mol. The average Bonchev–Trinajstić information content (AvgIpc) is 1.98. The van der Waals surface area contributed by atoms with Crippen LogP contribution >= 0.6 is 11.8 Å². The molecule has 0 aliphatic heterocycles. The number of carboxylic acid groups (broad SMARTS) is 1. The third kappa shape index (κ3) is 6.88. The first-order valence-corrected chi connectivity index (χ1v) is 6.40. The molecule has 1 N–H and O–H groups in total. The maximum atomic E-state index is 12.0. The Hall–Kier alpha value is -0.510. The molecule has 0 aromatic carbocycles. The van der Waals surface area contributed by atoms with E-state index in [1.54, 1.807) is 0 Å². The fourth-order valence-corrected chi connectivity index (χ4v) is 2.52. The number of carboxylic acids is 1. The van der Waals surface area contributed by atoms with Gasteiger partial charge in [-0.25, -0.2) is 0 Å². The molecular formula is C12H22O3S. The third-order valence-corrected chi connectivity index (χ3v) is 3.30. The van der Waals surface area contributed by atoms with Gasteiger partial charge < -0.3 is 5.11 Å². The predicted octanol–water partition coefficient (Wildman–Crippen LogP) is 3.18. The number of rotatable bonds is 5. The number of thioether (sulfide) groups is 1. The van der Waals surface area contributed by atoms with E-state index in [-0.39, 0.29) is 28.1 Å². The zero-order valence-corrected chi connectivity index (χ0v) is 11.6. The van der Waals surface area contributed by atoms with Crippen molar-refractivity contribution >= 4 is 22.8 Å². The minimum Gasteiger partial charge on any atom is -0.481 e. The van der Waals surface area contributed by atoms with Crippen molar-refractivity contribution in [3.63, 3.8) is 0 Å². The lowest BCUT2D eigenvalue weighted by Crippen LogP contribution is -2.23. The summed E-state index contributed by atoms with van der Waals surface area (Å²) in [6.07, 6.45) is 0.508. The number of hydrogen-bond donors (Lipinski definition) is 1. The first-order valence-electron chi connectivity index (χ1n) is 5.58. The molecule has 0 radical (unpaired) electrons. The molecular weight excluding hydrogens is 224 g/mol. The first kappa shape index (κ1) is 15.5. The van der Waals surface area contributed by atoms with Gasteiger partial charge in [0, 0.05) is 17.1 Å². The Morgan fingerprint density at radius 3 is 2.06 bits per heavy atom. The van der Waals surface area contributed by atoms with Gasteiger partial charge >= 0.3 is 5.97 Å². The van der Waals surface area contributed by atoms with Crippen LogP contribution in [0, 0.1) is 11.8 Å². The Labute approximate surface area is 102 Å². The van der Waals surface area contributed by atoms with Crippen LogP contribution in [0.25, 0.3) is 0 Å². The molecule has 0 saturated carbocycles. The zero-order chi connectivity index (χ0) is 12.9. The van der Waals surface area contributed by atoms with Gasteiger partial charge in [-0.2, -0.15) is 0 Å². The van der Waals surface area contributed by atoms with Crippen LogP contribution < -0.4 is 0 Å². The minimum atomic E-state index is -0.834. The fraction of sp³-hybridized carbons (Fsp3) is 0.833. The van der Waals surface area contributed by atoms with Gasteiger partial charge in [0.2, 0.25) is 0 Å². The van der Waals surface area contributed by atoms with Gasteiger partial charge in [0.15, 0.2) is 5.12 Å². The van der Waals surface area contributed by atoms with E-state index in [0.29, 0.717) is 6.42 Å². The highest BCUT2D eigenvalue weighted by Gasteiger charge is 2.27. The third-order valence-electron chi connectivity index (χ3n) is 2.18. The fourth-order valence-electron chi connectivity index (χ4n) is 1.38. The molecule has 0 fully saturated rings. The Bertz CT molecular complexity index is 253. The summed E-state index contributed by atoms with van der Waals surface area (Å²) in [5.41, 5.74) is 0. The van der Waals surface area contributed by atoms with E-state index in [4.69, 9.17) is 5.11 Å². The molecule has 0 saturated heterocycles. The Balaban J connectivity index is 4.42. The topological polar surface area (TPSA) is 54.4 Å². The summed E-state index contributed by atoms with van der Waals surface area (Å²) in [7, 11) is 0. The zero-order valence-electron chi connectivity index (χ0n) is 10.7. The SMILES string of the molecule is CC(C)[C@H](CCC(=O)O)C(=O)SC(C)(C)C. The molecule has 0 aromatic heterocycles. The summed E-state index contributed by atoms with van der Waals surface area (Å²) in [5, 5.41) is 8.75. The van der Waals surface area contributed by atoms with Crippen molar-refractivity contribution in [3.05, 3.63) is 0 Å². The van der Waals surface area contributed by atoms with Crippen LogP contribution in [0.2, 0.25) is 0 Å². The highest BCUT2D eigenvalue weighted by molar-refractivity contribution is 8.14. The molecule has 4 heteroatoms. The molecule has 0 heterocycles. The summed E-state index contributed by atoms with van der Waals surface area (Å²) < 4.78 is -0.104. The highest BCUT2D eigenvalue weighted by atomic mass is 32.2. The number of hydrogen-bond acceptors (Lipinski definition) is 3. The second-order valence-electron chi connectivity index (χ2n) is 5.32. The molecule has 3 nitrogen and oxygen atoms in total. The van der Waals surface area contributed by atoms with Crippen molar-refractivity contribution in [1.29, 1.82) is 0 Å². The molecule has 0 spiro atoms. The van der Waals surface area contributed by atoms with E-state index in [1.165, 1.54) is 11.8 Å². The van der Waals surface area contributed by atoms with E-state index < -0.39 is 5.97 Å². The summed E-state index contributed by atoms with van der Waals surface area (Å²) >= 11 is 1.31. The molecule has 0 bridgehead atoms. The standard InChI is InChI=1S/C12H22O3S/c1-8(2)9(6-7-10(13)14)11(15)16-12(3,4)5/h8-9H,6-7H2,1-5H3,(H,13,14)/t9-/m0/s1. The molecule has 0 rings (SSSR count). The molecule has 0 aromatic rings. The van der Waals surface area contributed by atoms with Gasteiger partial charge in [0.25, 0.3) is 0 Å². The molecule has 0 aliphatic rings. The summed E-state index contributed by atoms with van der Waals surface area (Å²) in [6, 6.07) is 0. The second-order valence-corrected chi connectivity index (χ2v) is 7.15. The monoisotopic (exact) mass is 246 g/mol. The lowest BCUT2D eigenvalue weighted by molar-refractivity contribution is -0.137. The normalized spacial score (nSPS) is 13.9. The van der Waals surface area contributed by atoms with Gasteiger partial charge in [-0.3, -0.25) is 9.59 Å². The van der Waals surface area contributed by atoms with Crippen molar-refractivity contribution < 1.29 is 14.7 Å². The number of carbonyl (C=O) groups excluding carboxylic acids is 1.